The van der Waals surface area contributed by atoms with E-state index in [1.807, 2.05) is 36.9 Å². The fraction of sp³-hybridized carbons (Fsp3) is 0.400. The molecule has 1 aromatic carbocycles. The molecule has 0 aromatic heterocycles. The van der Waals surface area contributed by atoms with Crippen molar-refractivity contribution in [3.8, 4) is 12.0 Å². The van der Waals surface area contributed by atoms with Gasteiger partial charge in [-0.2, -0.15) is 0 Å². The molecule has 0 atom stereocenters. The first-order valence-corrected chi connectivity index (χ1v) is 6.13. The maximum atomic E-state index is 11.9. The fourth-order valence-corrected chi connectivity index (χ4v) is 1.76. The zero-order valence-corrected chi connectivity index (χ0v) is 10.8. The summed E-state index contributed by atoms with van der Waals surface area (Å²) < 4.78 is 5.23. The molecule has 1 aromatic rings. The van der Waals surface area contributed by atoms with Crippen molar-refractivity contribution in [2.45, 2.75) is 13.8 Å². The molecule has 1 saturated heterocycles. The second kappa shape index (κ2) is 5.70. The summed E-state index contributed by atoms with van der Waals surface area (Å²) in [7, 11) is 0. The second-order valence-corrected chi connectivity index (χ2v) is 4.46. The number of ether oxygens (including phenoxy) is 1. The second-order valence-electron chi connectivity index (χ2n) is 4.46. The SMILES string of the molecule is Cc1ccc(C(=O)C#CN2CCOCC2)cc1C. The Morgan fingerprint density at radius 1 is 1.22 bits per heavy atom. The van der Waals surface area contributed by atoms with E-state index in [9.17, 15) is 4.79 Å². The molecule has 94 valence electrons. The summed E-state index contributed by atoms with van der Waals surface area (Å²) >= 11 is 0. The van der Waals surface area contributed by atoms with Crippen molar-refractivity contribution in [1.82, 2.24) is 4.90 Å². The highest BCUT2D eigenvalue weighted by Gasteiger charge is 2.07. The van der Waals surface area contributed by atoms with Gasteiger partial charge in [0.15, 0.2) is 0 Å². The molecule has 1 aliphatic heterocycles. The van der Waals surface area contributed by atoms with E-state index < -0.39 is 0 Å². The number of hydrogen-bond donors (Lipinski definition) is 0. The van der Waals surface area contributed by atoms with Crippen molar-refractivity contribution in [2.24, 2.45) is 0 Å². The predicted octanol–water partition coefficient (Wildman–Crippen LogP) is 1.78. The van der Waals surface area contributed by atoms with Crippen LogP contribution < -0.4 is 0 Å². The van der Waals surface area contributed by atoms with Gasteiger partial charge in [-0.05, 0) is 37.0 Å². The van der Waals surface area contributed by atoms with E-state index in [-0.39, 0.29) is 5.78 Å². The van der Waals surface area contributed by atoms with E-state index in [4.69, 9.17) is 4.74 Å². The van der Waals surface area contributed by atoms with Crippen molar-refractivity contribution in [3.05, 3.63) is 34.9 Å². The smallest absolute Gasteiger partial charge is 0.237 e. The summed E-state index contributed by atoms with van der Waals surface area (Å²) in [5.41, 5.74) is 2.97. The van der Waals surface area contributed by atoms with Crippen LogP contribution in [-0.4, -0.2) is 37.0 Å². The van der Waals surface area contributed by atoms with Crippen LogP contribution >= 0.6 is 0 Å². The fourth-order valence-electron chi connectivity index (χ4n) is 1.76. The average molecular weight is 243 g/mol. The van der Waals surface area contributed by atoms with Crippen LogP contribution in [0.15, 0.2) is 18.2 Å². The first kappa shape index (κ1) is 12.7. The van der Waals surface area contributed by atoms with Crippen molar-refractivity contribution in [3.63, 3.8) is 0 Å². The zero-order valence-electron chi connectivity index (χ0n) is 10.8. The normalized spacial score (nSPS) is 14.9. The number of carbonyl (C=O) groups is 1. The van der Waals surface area contributed by atoms with Gasteiger partial charge in [-0.1, -0.05) is 12.1 Å². The van der Waals surface area contributed by atoms with Gasteiger partial charge in [-0.25, -0.2) is 0 Å². The van der Waals surface area contributed by atoms with E-state index in [0.29, 0.717) is 18.8 Å². The van der Waals surface area contributed by atoms with Crippen LogP contribution in [0.1, 0.15) is 21.5 Å². The molecule has 0 spiro atoms. The lowest BCUT2D eigenvalue weighted by Crippen LogP contribution is -2.32. The molecule has 0 unspecified atom stereocenters. The van der Waals surface area contributed by atoms with Crippen LogP contribution in [0.3, 0.4) is 0 Å². The Morgan fingerprint density at radius 2 is 1.94 bits per heavy atom. The molecular formula is C15H17NO2. The maximum Gasteiger partial charge on any atom is 0.237 e. The van der Waals surface area contributed by atoms with Crippen molar-refractivity contribution >= 4 is 5.78 Å². The number of hydrogen-bond acceptors (Lipinski definition) is 3. The van der Waals surface area contributed by atoms with E-state index in [2.05, 4.69) is 12.0 Å². The Morgan fingerprint density at radius 3 is 2.61 bits per heavy atom. The molecule has 0 saturated carbocycles. The minimum Gasteiger partial charge on any atom is -0.378 e. The number of morpholine rings is 1. The minimum atomic E-state index is -0.121. The monoisotopic (exact) mass is 243 g/mol. The Balaban J connectivity index is 2.07. The number of nitrogens with zero attached hydrogens (tertiary/aromatic N) is 1. The lowest BCUT2D eigenvalue weighted by Gasteiger charge is -2.22. The summed E-state index contributed by atoms with van der Waals surface area (Å²) in [5.74, 6) is 2.58. The lowest BCUT2D eigenvalue weighted by atomic mass is 10.0. The highest BCUT2D eigenvalue weighted by atomic mass is 16.5. The van der Waals surface area contributed by atoms with Gasteiger partial charge in [-0.15, -0.1) is 0 Å². The molecule has 0 N–H and O–H groups in total. The first-order chi connectivity index (χ1) is 8.66. The average Bonchev–Trinajstić information content (AvgIpc) is 2.40. The van der Waals surface area contributed by atoms with E-state index >= 15 is 0 Å². The number of benzene rings is 1. The van der Waals surface area contributed by atoms with Crippen LogP contribution in [0.5, 0.6) is 0 Å². The van der Waals surface area contributed by atoms with Gasteiger partial charge < -0.3 is 9.64 Å². The van der Waals surface area contributed by atoms with Gasteiger partial charge in [0.2, 0.25) is 5.78 Å². The molecule has 0 radical (unpaired) electrons. The van der Waals surface area contributed by atoms with Gasteiger partial charge in [0.05, 0.1) is 13.2 Å². The largest absolute Gasteiger partial charge is 0.378 e. The summed E-state index contributed by atoms with van der Waals surface area (Å²) in [6.45, 7) is 6.95. The first-order valence-electron chi connectivity index (χ1n) is 6.13. The molecule has 3 heteroatoms. The van der Waals surface area contributed by atoms with E-state index in [0.717, 1.165) is 18.7 Å². The Labute approximate surface area is 108 Å². The van der Waals surface area contributed by atoms with Crippen molar-refractivity contribution in [1.29, 1.82) is 0 Å². The van der Waals surface area contributed by atoms with Gasteiger partial charge in [0, 0.05) is 24.7 Å². The van der Waals surface area contributed by atoms with Gasteiger partial charge in [0.1, 0.15) is 0 Å². The number of rotatable bonds is 1. The summed E-state index contributed by atoms with van der Waals surface area (Å²) in [6.07, 6.45) is 0. The van der Waals surface area contributed by atoms with Crippen LogP contribution in [0, 0.1) is 25.8 Å². The molecule has 1 heterocycles. The zero-order chi connectivity index (χ0) is 13.0. The highest BCUT2D eigenvalue weighted by Crippen LogP contribution is 2.10. The maximum absolute atomic E-state index is 11.9. The molecule has 2 rings (SSSR count). The molecule has 1 fully saturated rings. The third-order valence-corrected chi connectivity index (χ3v) is 3.11. The minimum absolute atomic E-state index is 0.121. The van der Waals surface area contributed by atoms with Gasteiger partial charge in [-0.3, -0.25) is 4.79 Å². The van der Waals surface area contributed by atoms with Crippen molar-refractivity contribution in [2.75, 3.05) is 26.3 Å². The molecule has 0 aliphatic carbocycles. The Kier molecular flexibility index (Phi) is 4.01. The third kappa shape index (κ3) is 3.12. The van der Waals surface area contributed by atoms with E-state index in [1.165, 1.54) is 5.56 Å². The lowest BCUT2D eigenvalue weighted by molar-refractivity contribution is 0.0637. The molecule has 0 bridgehead atoms. The Hall–Kier alpha value is -1.79. The topological polar surface area (TPSA) is 29.5 Å². The van der Waals surface area contributed by atoms with E-state index in [1.54, 1.807) is 0 Å². The summed E-state index contributed by atoms with van der Waals surface area (Å²) in [4.78, 5) is 13.9. The van der Waals surface area contributed by atoms with Gasteiger partial charge >= 0.3 is 0 Å². The number of carbonyl (C=O) groups excluding carboxylic acids is 1. The van der Waals surface area contributed by atoms with Crippen molar-refractivity contribution < 1.29 is 9.53 Å². The standard InChI is InChI=1S/C15H17NO2/c1-12-3-4-14(11-13(12)2)15(17)5-6-16-7-9-18-10-8-16/h3-4,11H,7-10H2,1-2H3. The number of Topliss-reactive ketones (excluding diaryl/α,β-unsaturated/α-hetero) is 1. The highest BCUT2D eigenvalue weighted by molar-refractivity contribution is 6.09. The molecule has 18 heavy (non-hydrogen) atoms. The molecule has 3 nitrogen and oxygen atoms in total. The summed E-state index contributed by atoms with van der Waals surface area (Å²) in [6, 6.07) is 8.59. The Bertz CT molecular complexity index is 505. The van der Waals surface area contributed by atoms with Gasteiger partial charge in [0.25, 0.3) is 0 Å². The molecule has 0 amide bonds. The van der Waals surface area contributed by atoms with Crippen LogP contribution in [-0.2, 0) is 4.74 Å². The molecular weight excluding hydrogens is 226 g/mol. The quantitative estimate of drug-likeness (QED) is 0.556. The number of ketones is 1. The van der Waals surface area contributed by atoms with Crippen LogP contribution in [0.2, 0.25) is 0 Å². The summed E-state index contributed by atoms with van der Waals surface area (Å²) in [5, 5.41) is 0. The number of aryl methyl sites for hydroxylation is 2. The van der Waals surface area contributed by atoms with Crippen LogP contribution in [0.25, 0.3) is 0 Å². The molecule has 1 aliphatic rings. The predicted molar refractivity (Wildman–Crippen MR) is 70.4 cm³/mol. The van der Waals surface area contributed by atoms with Crippen LogP contribution in [0.4, 0.5) is 0 Å². The third-order valence-electron chi connectivity index (χ3n) is 3.11.